The van der Waals surface area contributed by atoms with Crippen molar-refractivity contribution in [1.82, 2.24) is 0 Å². The average Bonchev–Trinajstić information content (AvgIpc) is 2.22. The lowest BCUT2D eigenvalue weighted by Crippen LogP contribution is -2.35. The second-order valence-corrected chi connectivity index (χ2v) is 4.05. The van der Waals surface area contributed by atoms with E-state index >= 15 is 0 Å². The molecule has 0 aliphatic rings. The Morgan fingerprint density at radius 1 is 1.38 bits per heavy atom. The van der Waals surface area contributed by atoms with Gasteiger partial charge in [-0.2, -0.15) is 0 Å². The third-order valence-electron chi connectivity index (χ3n) is 2.55. The number of ether oxygens (including phenoxy) is 1. The number of benzene rings is 1. The van der Waals surface area contributed by atoms with E-state index in [2.05, 4.69) is 0 Å². The van der Waals surface area contributed by atoms with Gasteiger partial charge in [0.05, 0.1) is 0 Å². The minimum atomic E-state index is -0.958. The first-order chi connectivity index (χ1) is 7.36. The number of halogens is 2. The number of carbonyl (C=O) groups is 1. The highest BCUT2D eigenvalue weighted by atomic mass is 19.1. The topological polar surface area (TPSA) is 26.3 Å². The Kier molecular flexibility index (Phi) is 3.75. The molecule has 0 saturated heterocycles. The van der Waals surface area contributed by atoms with Crippen LogP contribution in [0.2, 0.25) is 0 Å². The molecule has 1 rings (SSSR count). The molecule has 4 heteroatoms. The van der Waals surface area contributed by atoms with Crippen molar-refractivity contribution in [3.8, 4) is 0 Å². The highest BCUT2D eigenvalue weighted by Gasteiger charge is 2.27. The molecule has 0 atom stereocenters. The molecule has 2 nitrogen and oxygen atoms in total. The molecular formula is C12H14F2O2. The zero-order chi connectivity index (χ0) is 12.3. The molecule has 0 aromatic heterocycles. The standard InChI is InChI=1S/C12H14F2O2/c1-12(2,16-3)11(15)6-8-4-5-9(13)7-10(8)14/h4-5,7H,6H2,1-3H3. The summed E-state index contributed by atoms with van der Waals surface area (Å²) in [5.74, 6) is -1.61. The van der Waals surface area contributed by atoms with E-state index in [0.717, 1.165) is 12.1 Å². The van der Waals surface area contributed by atoms with Gasteiger partial charge in [0.1, 0.15) is 17.2 Å². The van der Waals surface area contributed by atoms with Gasteiger partial charge in [-0.1, -0.05) is 6.07 Å². The Hall–Kier alpha value is -1.29. The van der Waals surface area contributed by atoms with Crippen LogP contribution >= 0.6 is 0 Å². The summed E-state index contributed by atoms with van der Waals surface area (Å²) in [6.45, 7) is 3.22. The molecule has 0 aliphatic heterocycles. The molecular weight excluding hydrogens is 214 g/mol. The maximum atomic E-state index is 13.3. The van der Waals surface area contributed by atoms with Crippen molar-refractivity contribution >= 4 is 5.78 Å². The van der Waals surface area contributed by atoms with Crippen molar-refractivity contribution in [2.45, 2.75) is 25.9 Å². The maximum Gasteiger partial charge on any atom is 0.168 e. The first-order valence-electron chi connectivity index (χ1n) is 4.89. The largest absolute Gasteiger partial charge is 0.371 e. The van der Waals surface area contributed by atoms with Gasteiger partial charge in [0.2, 0.25) is 0 Å². The van der Waals surface area contributed by atoms with Crippen LogP contribution in [-0.4, -0.2) is 18.5 Å². The van der Waals surface area contributed by atoms with Gasteiger partial charge in [0.25, 0.3) is 0 Å². The molecule has 16 heavy (non-hydrogen) atoms. The van der Waals surface area contributed by atoms with Gasteiger partial charge in [-0.05, 0) is 25.5 Å². The summed E-state index contributed by atoms with van der Waals surface area (Å²) in [6, 6.07) is 3.17. The Bertz CT molecular complexity index is 400. The minimum Gasteiger partial charge on any atom is -0.371 e. The molecule has 0 spiro atoms. The maximum absolute atomic E-state index is 13.3. The number of Topliss-reactive ketones (excluding diaryl/α,β-unsaturated/α-hetero) is 1. The van der Waals surface area contributed by atoms with Crippen molar-refractivity contribution in [2.24, 2.45) is 0 Å². The van der Waals surface area contributed by atoms with Crippen LogP contribution in [0.1, 0.15) is 19.4 Å². The van der Waals surface area contributed by atoms with E-state index in [9.17, 15) is 13.6 Å². The summed E-state index contributed by atoms with van der Waals surface area (Å²) in [7, 11) is 1.42. The molecule has 0 N–H and O–H groups in total. The van der Waals surface area contributed by atoms with E-state index in [-0.39, 0.29) is 17.8 Å². The smallest absolute Gasteiger partial charge is 0.168 e. The van der Waals surface area contributed by atoms with Crippen LogP contribution < -0.4 is 0 Å². The molecule has 1 aromatic carbocycles. The second-order valence-electron chi connectivity index (χ2n) is 4.05. The molecule has 0 heterocycles. The van der Waals surface area contributed by atoms with Crippen LogP contribution in [0.5, 0.6) is 0 Å². The van der Waals surface area contributed by atoms with E-state index in [1.165, 1.54) is 13.2 Å². The van der Waals surface area contributed by atoms with Gasteiger partial charge >= 0.3 is 0 Å². The van der Waals surface area contributed by atoms with E-state index in [1.54, 1.807) is 13.8 Å². The van der Waals surface area contributed by atoms with E-state index in [1.807, 2.05) is 0 Å². The van der Waals surface area contributed by atoms with Crippen molar-refractivity contribution in [1.29, 1.82) is 0 Å². The second kappa shape index (κ2) is 4.70. The molecule has 0 fully saturated rings. The summed E-state index contributed by atoms with van der Waals surface area (Å²) >= 11 is 0. The lowest BCUT2D eigenvalue weighted by atomic mass is 9.96. The Morgan fingerprint density at radius 2 is 2.00 bits per heavy atom. The van der Waals surface area contributed by atoms with Crippen LogP contribution in [0.3, 0.4) is 0 Å². The average molecular weight is 228 g/mol. The van der Waals surface area contributed by atoms with Crippen LogP contribution in [0.15, 0.2) is 18.2 Å². The Morgan fingerprint density at radius 3 is 2.50 bits per heavy atom. The zero-order valence-electron chi connectivity index (χ0n) is 9.51. The van der Waals surface area contributed by atoms with Gasteiger partial charge in [-0.15, -0.1) is 0 Å². The van der Waals surface area contributed by atoms with Crippen molar-refractivity contribution < 1.29 is 18.3 Å². The SMILES string of the molecule is COC(C)(C)C(=O)Cc1ccc(F)cc1F. The van der Waals surface area contributed by atoms with Gasteiger partial charge in [-0.3, -0.25) is 4.79 Å². The quantitative estimate of drug-likeness (QED) is 0.791. The fourth-order valence-corrected chi connectivity index (χ4v) is 1.16. The summed E-state index contributed by atoms with van der Waals surface area (Å²) in [6.07, 6.45) is -0.104. The van der Waals surface area contributed by atoms with Gasteiger partial charge in [0, 0.05) is 19.6 Å². The monoisotopic (exact) mass is 228 g/mol. The third-order valence-corrected chi connectivity index (χ3v) is 2.55. The predicted octanol–water partition coefficient (Wildman–Crippen LogP) is 2.50. The van der Waals surface area contributed by atoms with Crippen molar-refractivity contribution in [3.05, 3.63) is 35.4 Å². The fourth-order valence-electron chi connectivity index (χ4n) is 1.16. The highest BCUT2D eigenvalue weighted by molar-refractivity contribution is 5.88. The first kappa shape index (κ1) is 12.8. The summed E-state index contributed by atoms with van der Waals surface area (Å²) in [5.41, 5.74) is -0.780. The van der Waals surface area contributed by atoms with E-state index in [4.69, 9.17) is 4.74 Å². The minimum absolute atomic E-state index is 0.104. The van der Waals surface area contributed by atoms with Crippen molar-refractivity contribution in [3.63, 3.8) is 0 Å². The molecule has 0 unspecified atom stereocenters. The van der Waals surface area contributed by atoms with Crippen LogP contribution in [0.4, 0.5) is 8.78 Å². The van der Waals surface area contributed by atoms with Crippen molar-refractivity contribution in [2.75, 3.05) is 7.11 Å². The van der Waals surface area contributed by atoms with Gasteiger partial charge < -0.3 is 4.74 Å². The molecule has 0 radical (unpaired) electrons. The summed E-state index contributed by atoms with van der Waals surface area (Å²) in [4.78, 5) is 11.7. The first-order valence-corrected chi connectivity index (χ1v) is 4.89. The molecule has 0 aliphatic carbocycles. The summed E-state index contributed by atoms with van der Waals surface area (Å²) in [5, 5.41) is 0. The molecule has 0 saturated carbocycles. The van der Waals surface area contributed by atoms with Gasteiger partial charge in [0.15, 0.2) is 5.78 Å². The number of carbonyl (C=O) groups excluding carboxylic acids is 1. The van der Waals surface area contributed by atoms with Gasteiger partial charge in [-0.25, -0.2) is 8.78 Å². The Balaban J connectivity index is 2.85. The third kappa shape index (κ3) is 2.85. The highest BCUT2D eigenvalue weighted by Crippen LogP contribution is 2.16. The van der Waals surface area contributed by atoms with Crippen LogP contribution in [0.25, 0.3) is 0 Å². The van der Waals surface area contributed by atoms with E-state index in [0.29, 0.717) is 0 Å². The lowest BCUT2D eigenvalue weighted by molar-refractivity contribution is -0.136. The molecule has 88 valence electrons. The van der Waals surface area contributed by atoms with Crippen LogP contribution in [-0.2, 0) is 16.0 Å². The zero-order valence-corrected chi connectivity index (χ0v) is 9.51. The van der Waals surface area contributed by atoms with Crippen LogP contribution in [0, 0.1) is 11.6 Å². The summed E-state index contributed by atoms with van der Waals surface area (Å²) < 4.78 is 30.9. The number of hydrogen-bond donors (Lipinski definition) is 0. The number of ketones is 1. The predicted molar refractivity (Wildman–Crippen MR) is 56.2 cm³/mol. The molecule has 1 aromatic rings. The van der Waals surface area contributed by atoms with E-state index < -0.39 is 17.2 Å². The molecule has 0 amide bonds. The molecule has 0 bridgehead atoms. The fraction of sp³-hybridized carbons (Fsp3) is 0.417. The number of rotatable bonds is 4. The number of methoxy groups -OCH3 is 1. The number of hydrogen-bond acceptors (Lipinski definition) is 2. The Labute approximate surface area is 93.2 Å². The lowest BCUT2D eigenvalue weighted by Gasteiger charge is -2.21. The normalized spacial score (nSPS) is 11.6.